The van der Waals surface area contributed by atoms with E-state index in [0.29, 0.717) is 0 Å². The monoisotopic (exact) mass is 477 g/mol. The Morgan fingerprint density at radius 2 is 1.64 bits per heavy atom. The SMILES string of the molecule is COC(=O)c1cc(=O)n(C2CC(OS(=O)(=O)c3ccc(C)cc3)C2)cc1C(=O)OC(C)(C)C. The molecule has 1 aliphatic carbocycles. The number of carbonyl (C=O) groups excluding carboxylic acids is 2. The van der Waals surface area contributed by atoms with Crippen LogP contribution in [0.3, 0.4) is 0 Å². The second-order valence-corrected chi connectivity index (χ2v) is 10.5. The first kappa shape index (κ1) is 24.7. The average Bonchev–Trinajstić information content (AvgIpc) is 2.69. The Morgan fingerprint density at radius 3 is 2.18 bits per heavy atom. The third-order valence-corrected chi connectivity index (χ3v) is 6.52. The lowest BCUT2D eigenvalue weighted by Gasteiger charge is -2.35. The number of pyridine rings is 1. The molecule has 1 heterocycles. The zero-order valence-corrected chi connectivity index (χ0v) is 20.0. The van der Waals surface area contributed by atoms with E-state index in [9.17, 15) is 22.8 Å². The van der Waals surface area contributed by atoms with Crippen LogP contribution in [-0.4, -0.2) is 43.7 Å². The second kappa shape index (κ2) is 9.11. The van der Waals surface area contributed by atoms with Crippen molar-refractivity contribution in [1.29, 1.82) is 0 Å². The lowest BCUT2D eigenvalue weighted by molar-refractivity contribution is 0.00632. The highest BCUT2D eigenvalue weighted by atomic mass is 32.2. The van der Waals surface area contributed by atoms with Crippen LogP contribution < -0.4 is 5.56 Å². The van der Waals surface area contributed by atoms with Crippen LogP contribution in [0.15, 0.2) is 46.2 Å². The molecule has 0 amide bonds. The number of hydrogen-bond donors (Lipinski definition) is 0. The fraction of sp³-hybridized carbons (Fsp3) is 0.435. The molecular formula is C23H27NO8S. The van der Waals surface area contributed by atoms with E-state index in [-0.39, 0.29) is 28.9 Å². The van der Waals surface area contributed by atoms with Crippen LogP contribution in [-0.2, 0) is 23.8 Å². The Hall–Kier alpha value is -2.98. The summed E-state index contributed by atoms with van der Waals surface area (Å²) in [7, 11) is -2.79. The molecule has 33 heavy (non-hydrogen) atoms. The van der Waals surface area contributed by atoms with Crippen molar-refractivity contribution < 1.29 is 31.7 Å². The number of aromatic nitrogens is 1. The number of benzene rings is 1. The van der Waals surface area contributed by atoms with E-state index in [4.69, 9.17) is 13.7 Å². The average molecular weight is 478 g/mol. The van der Waals surface area contributed by atoms with Gasteiger partial charge in [0.15, 0.2) is 0 Å². The minimum Gasteiger partial charge on any atom is -0.465 e. The van der Waals surface area contributed by atoms with Gasteiger partial charge in [-0.2, -0.15) is 8.42 Å². The third-order valence-electron chi connectivity index (χ3n) is 5.14. The van der Waals surface area contributed by atoms with Crippen molar-refractivity contribution in [1.82, 2.24) is 4.57 Å². The van der Waals surface area contributed by atoms with Crippen molar-refractivity contribution in [3.8, 4) is 0 Å². The normalized spacial score (nSPS) is 18.3. The number of hydrogen-bond acceptors (Lipinski definition) is 8. The number of aryl methyl sites for hydroxylation is 1. The fourth-order valence-electron chi connectivity index (χ4n) is 3.39. The molecule has 1 fully saturated rings. The molecular weight excluding hydrogens is 450 g/mol. The predicted octanol–water partition coefficient (Wildman–Crippen LogP) is 3.01. The summed E-state index contributed by atoms with van der Waals surface area (Å²) < 4.78 is 41.6. The maximum absolute atomic E-state index is 12.7. The van der Waals surface area contributed by atoms with Crippen LogP contribution in [0.1, 0.15) is 65.9 Å². The number of ether oxygens (including phenoxy) is 2. The van der Waals surface area contributed by atoms with Gasteiger partial charge in [-0.25, -0.2) is 9.59 Å². The van der Waals surface area contributed by atoms with Crippen molar-refractivity contribution in [3.63, 3.8) is 0 Å². The van der Waals surface area contributed by atoms with E-state index < -0.39 is 45.4 Å². The molecule has 0 atom stereocenters. The first-order chi connectivity index (χ1) is 15.3. The van der Waals surface area contributed by atoms with Gasteiger partial charge in [-0.3, -0.25) is 8.98 Å². The fourth-order valence-corrected chi connectivity index (χ4v) is 4.49. The number of methoxy groups -OCH3 is 1. The molecule has 178 valence electrons. The Labute approximate surface area is 192 Å². The Morgan fingerprint density at radius 1 is 1.03 bits per heavy atom. The lowest BCUT2D eigenvalue weighted by Crippen LogP contribution is -2.40. The van der Waals surface area contributed by atoms with Gasteiger partial charge in [-0.15, -0.1) is 0 Å². The molecule has 0 aliphatic heterocycles. The smallest absolute Gasteiger partial charge is 0.341 e. The summed E-state index contributed by atoms with van der Waals surface area (Å²) in [5.41, 5.74) is -0.707. The van der Waals surface area contributed by atoms with Gasteiger partial charge < -0.3 is 14.0 Å². The first-order valence-electron chi connectivity index (χ1n) is 10.4. The lowest BCUT2D eigenvalue weighted by atomic mass is 9.89. The highest BCUT2D eigenvalue weighted by molar-refractivity contribution is 7.86. The molecule has 1 aliphatic rings. The van der Waals surface area contributed by atoms with Gasteiger partial charge >= 0.3 is 11.9 Å². The van der Waals surface area contributed by atoms with Crippen LogP contribution in [0.25, 0.3) is 0 Å². The van der Waals surface area contributed by atoms with Crippen LogP contribution in [0.2, 0.25) is 0 Å². The van der Waals surface area contributed by atoms with E-state index in [2.05, 4.69) is 0 Å². The Balaban J connectivity index is 1.81. The van der Waals surface area contributed by atoms with Crippen molar-refractivity contribution in [2.75, 3.05) is 7.11 Å². The molecule has 1 aromatic heterocycles. The second-order valence-electron chi connectivity index (χ2n) is 8.95. The summed E-state index contributed by atoms with van der Waals surface area (Å²) in [5.74, 6) is -1.61. The molecule has 3 rings (SSSR count). The maximum Gasteiger partial charge on any atom is 0.341 e. The number of esters is 2. The van der Waals surface area contributed by atoms with E-state index >= 15 is 0 Å². The minimum absolute atomic E-state index is 0.0587. The van der Waals surface area contributed by atoms with E-state index in [1.807, 2.05) is 6.92 Å². The molecule has 9 nitrogen and oxygen atoms in total. The highest BCUT2D eigenvalue weighted by Crippen LogP contribution is 2.36. The van der Waals surface area contributed by atoms with Gasteiger partial charge in [0.2, 0.25) is 0 Å². The topological polar surface area (TPSA) is 118 Å². The van der Waals surface area contributed by atoms with Crippen LogP contribution in [0.5, 0.6) is 0 Å². The Bertz CT molecular complexity index is 1220. The van der Waals surface area contributed by atoms with Gasteiger partial charge in [0, 0.05) is 18.3 Å². The van der Waals surface area contributed by atoms with Crippen molar-refractivity contribution in [2.45, 2.75) is 63.2 Å². The minimum atomic E-state index is -3.94. The summed E-state index contributed by atoms with van der Waals surface area (Å²) in [4.78, 5) is 37.5. The standard InChI is InChI=1S/C23H27NO8S/c1-14-6-8-17(9-7-14)33(28,29)32-16-10-15(11-16)24-13-19(22(27)31-23(2,3)4)18(12-20(24)25)21(26)30-5/h6-9,12-13,15-16H,10-11H2,1-5H3. The Kier molecular flexibility index (Phi) is 6.80. The zero-order chi connectivity index (χ0) is 24.6. The van der Waals surface area contributed by atoms with Crippen LogP contribution in [0, 0.1) is 6.92 Å². The van der Waals surface area contributed by atoms with Crippen molar-refractivity contribution in [3.05, 3.63) is 63.6 Å². The molecule has 1 aromatic carbocycles. The van der Waals surface area contributed by atoms with Gasteiger partial charge in [0.1, 0.15) is 5.60 Å². The third kappa shape index (κ3) is 5.69. The highest BCUT2D eigenvalue weighted by Gasteiger charge is 2.37. The molecule has 0 bridgehead atoms. The van der Waals surface area contributed by atoms with Crippen molar-refractivity contribution in [2.24, 2.45) is 0 Å². The quantitative estimate of drug-likeness (QED) is 0.460. The summed E-state index contributed by atoms with van der Waals surface area (Å²) in [5, 5.41) is 0. The van der Waals surface area contributed by atoms with Gasteiger partial charge in [-0.05, 0) is 52.7 Å². The summed E-state index contributed by atoms with van der Waals surface area (Å²) >= 11 is 0. The zero-order valence-electron chi connectivity index (χ0n) is 19.2. The van der Waals surface area contributed by atoms with Crippen LogP contribution >= 0.6 is 0 Å². The molecule has 0 spiro atoms. The molecule has 1 saturated carbocycles. The number of carbonyl (C=O) groups is 2. The number of nitrogens with zero attached hydrogens (tertiary/aromatic N) is 1. The van der Waals surface area contributed by atoms with Gasteiger partial charge in [-0.1, -0.05) is 17.7 Å². The van der Waals surface area contributed by atoms with Gasteiger partial charge in [0.25, 0.3) is 15.7 Å². The largest absolute Gasteiger partial charge is 0.465 e. The predicted molar refractivity (Wildman–Crippen MR) is 119 cm³/mol. The summed E-state index contributed by atoms with van der Waals surface area (Å²) in [6.45, 7) is 6.89. The maximum atomic E-state index is 12.7. The van der Waals surface area contributed by atoms with E-state index in [0.717, 1.165) is 18.7 Å². The molecule has 0 unspecified atom stereocenters. The summed E-state index contributed by atoms with van der Waals surface area (Å²) in [6, 6.07) is 6.94. The van der Waals surface area contributed by atoms with Gasteiger partial charge in [0.05, 0.1) is 29.2 Å². The molecule has 0 N–H and O–H groups in total. The van der Waals surface area contributed by atoms with E-state index in [1.54, 1.807) is 32.9 Å². The summed E-state index contributed by atoms with van der Waals surface area (Å²) in [6.07, 6.45) is 1.14. The number of rotatable bonds is 6. The molecule has 0 saturated heterocycles. The molecule has 0 radical (unpaired) electrons. The molecule has 2 aromatic rings. The van der Waals surface area contributed by atoms with E-state index in [1.165, 1.54) is 22.9 Å². The first-order valence-corrected chi connectivity index (χ1v) is 11.8. The van der Waals surface area contributed by atoms with Crippen LogP contribution in [0.4, 0.5) is 0 Å². The van der Waals surface area contributed by atoms with Crippen molar-refractivity contribution >= 4 is 22.1 Å². The molecule has 10 heteroatoms.